The highest BCUT2D eigenvalue weighted by Crippen LogP contribution is 2.31. The molecule has 3 rings (SSSR count). The van der Waals surface area contributed by atoms with Crippen LogP contribution in [0.25, 0.3) is 22.2 Å². The zero-order valence-corrected chi connectivity index (χ0v) is 14.6. The highest BCUT2D eigenvalue weighted by Gasteiger charge is 2.12. The van der Waals surface area contributed by atoms with E-state index in [2.05, 4.69) is 47.2 Å². The van der Waals surface area contributed by atoms with Crippen LogP contribution in [0.3, 0.4) is 0 Å². The van der Waals surface area contributed by atoms with Crippen LogP contribution in [0.4, 0.5) is 0 Å². The predicted molar refractivity (Wildman–Crippen MR) is 102 cm³/mol. The van der Waals surface area contributed by atoms with E-state index < -0.39 is 0 Å². The Morgan fingerprint density at radius 1 is 1.12 bits per heavy atom. The van der Waals surface area contributed by atoms with Crippen LogP contribution in [0.5, 0.6) is 5.75 Å². The van der Waals surface area contributed by atoms with Crippen LogP contribution in [0.2, 0.25) is 0 Å². The number of rotatable bonds is 6. The van der Waals surface area contributed by atoms with Gasteiger partial charge in [-0.2, -0.15) is 0 Å². The van der Waals surface area contributed by atoms with Crippen LogP contribution >= 0.6 is 0 Å². The molecule has 24 heavy (non-hydrogen) atoms. The van der Waals surface area contributed by atoms with Crippen LogP contribution in [0.15, 0.2) is 47.5 Å². The van der Waals surface area contributed by atoms with Gasteiger partial charge in [-0.1, -0.05) is 19.4 Å². The van der Waals surface area contributed by atoms with Crippen molar-refractivity contribution in [3.8, 4) is 17.0 Å². The lowest BCUT2D eigenvalue weighted by atomic mass is 10.0. The molecule has 0 aliphatic rings. The molecule has 0 saturated carbocycles. The van der Waals surface area contributed by atoms with Crippen LogP contribution < -0.4 is 4.74 Å². The molecule has 0 bridgehead atoms. The minimum Gasteiger partial charge on any atom is -0.497 e. The van der Waals surface area contributed by atoms with Gasteiger partial charge >= 0.3 is 0 Å². The second-order valence-corrected chi connectivity index (χ2v) is 6.01. The van der Waals surface area contributed by atoms with Gasteiger partial charge in [0.05, 0.1) is 12.8 Å². The van der Waals surface area contributed by atoms with Crippen LogP contribution in [-0.4, -0.2) is 25.4 Å². The van der Waals surface area contributed by atoms with Crippen LogP contribution in [0, 0.1) is 0 Å². The summed E-state index contributed by atoms with van der Waals surface area (Å²) in [6.07, 6.45) is 5.50. The molecule has 3 aromatic rings. The molecule has 1 heterocycles. The first kappa shape index (κ1) is 16.3. The fraction of sp³-hybridized carbons (Fsp3) is 0.286. The highest BCUT2D eigenvalue weighted by atomic mass is 16.5. The third-order valence-corrected chi connectivity index (χ3v) is 4.36. The van der Waals surface area contributed by atoms with Crippen LogP contribution in [-0.2, 0) is 6.42 Å². The van der Waals surface area contributed by atoms with E-state index in [4.69, 9.17) is 4.74 Å². The molecule has 1 N–H and O–H groups in total. The largest absolute Gasteiger partial charge is 0.497 e. The predicted octanol–water partition coefficient (Wildman–Crippen LogP) is 5.23. The maximum absolute atomic E-state index is 5.26. The Hall–Kier alpha value is -2.55. The summed E-state index contributed by atoms with van der Waals surface area (Å²) < 4.78 is 5.26. The van der Waals surface area contributed by atoms with Crippen molar-refractivity contribution >= 4 is 17.1 Å². The van der Waals surface area contributed by atoms with Crippen molar-refractivity contribution in [1.29, 1.82) is 0 Å². The van der Waals surface area contributed by atoms with E-state index in [1.54, 1.807) is 7.11 Å². The monoisotopic (exact) mass is 320 g/mol. The van der Waals surface area contributed by atoms with Crippen molar-refractivity contribution < 1.29 is 4.74 Å². The minimum atomic E-state index is 0.863. The van der Waals surface area contributed by atoms with E-state index in [1.807, 2.05) is 25.4 Å². The Kier molecular flexibility index (Phi) is 4.99. The first-order valence-electron chi connectivity index (χ1n) is 8.48. The summed E-state index contributed by atoms with van der Waals surface area (Å²) in [4.78, 5) is 7.82. The maximum Gasteiger partial charge on any atom is 0.118 e. The number of H-pyrrole nitrogens is 1. The zero-order chi connectivity index (χ0) is 16.9. The third kappa shape index (κ3) is 3.21. The normalized spacial score (nSPS) is 11.5. The maximum atomic E-state index is 5.26. The van der Waals surface area contributed by atoms with E-state index >= 15 is 0 Å². The van der Waals surface area contributed by atoms with Crippen molar-refractivity contribution in [2.24, 2.45) is 4.99 Å². The molecule has 0 aliphatic heterocycles. The molecule has 124 valence electrons. The number of methoxy groups -OCH3 is 1. The molecular formula is C21H24N2O. The number of aromatic amines is 1. The van der Waals surface area contributed by atoms with Gasteiger partial charge in [-0.05, 0) is 60.4 Å². The molecular weight excluding hydrogens is 296 g/mol. The molecule has 0 fully saturated rings. The lowest BCUT2D eigenvalue weighted by molar-refractivity contribution is 0.415. The number of nitrogens with one attached hydrogen (secondary N) is 1. The lowest BCUT2D eigenvalue weighted by Gasteiger charge is -2.03. The third-order valence-electron chi connectivity index (χ3n) is 4.36. The number of nitrogens with zero attached hydrogens (tertiary/aromatic N) is 1. The van der Waals surface area contributed by atoms with Gasteiger partial charge in [0.15, 0.2) is 0 Å². The summed E-state index contributed by atoms with van der Waals surface area (Å²) in [6, 6.07) is 14.8. The number of unbranched alkanes of at least 4 members (excludes halogenated alkanes) is 1. The van der Waals surface area contributed by atoms with Gasteiger partial charge in [0.1, 0.15) is 5.75 Å². The van der Waals surface area contributed by atoms with Gasteiger partial charge in [-0.15, -0.1) is 0 Å². The van der Waals surface area contributed by atoms with E-state index in [-0.39, 0.29) is 0 Å². The molecule has 3 heteroatoms. The van der Waals surface area contributed by atoms with Crippen LogP contribution in [0.1, 0.15) is 30.9 Å². The van der Waals surface area contributed by atoms with Gasteiger partial charge in [-0.3, -0.25) is 4.99 Å². The highest BCUT2D eigenvalue weighted by molar-refractivity contribution is 6.06. The fourth-order valence-electron chi connectivity index (χ4n) is 3.04. The van der Waals surface area contributed by atoms with Gasteiger partial charge < -0.3 is 9.72 Å². The molecule has 2 aromatic carbocycles. The number of fused-ring (bicyclic) bond motifs is 1. The van der Waals surface area contributed by atoms with Gasteiger partial charge in [0.2, 0.25) is 0 Å². The van der Waals surface area contributed by atoms with Crippen molar-refractivity contribution in [2.75, 3.05) is 14.2 Å². The molecule has 0 unspecified atom stereocenters. The van der Waals surface area contributed by atoms with Gasteiger partial charge in [0, 0.05) is 29.7 Å². The summed E-state index contributed by atoms with van der Waals surface area (Å²) in [7, 11) is 3.50. The molecule has 0 saturated heterocycles. The first-order chi connectivity index (χ1) is 11.8. The number of benzene rings is 2. The van der Waals surface area contributed by atoms with Crippen molar-refractivity contribution in [2.45, 2.75) is 26.2 Å². The van der Waals surface area contributed by atoms with E-state index in [0.717, 1.165) is 34.5 Å². The summed E-state index contributed by atoms with van der Waals surface area (Å²) in [5.74, 6) is 0.863. The Morgan fingerprint density at radius 3 is 2.58 bits per heavy atom. The quantitative estimate of drug-likeness (QED) is 0.620. The minimum absolute atomic E-state index is 0.863. The standard InChI is InChI=1S/C21H24N2O/c1-4-5-6-15-7-12-20-18(13-15)19(14-22-2)21(23-20)16-8-10-17(24-3)11-9-16/h7-14,23H,4-6H2,1-3H3. The second-order valence-electron chi connectivity index (χ2n) is 6.01. The summed E-state index contributed by atoms with van der Waals surface area (Å²) in [5.41, 5.74) is 5.92. The summed E-state index contributed by atoms with van der Waals surface area (Å²) in [6.45, 7) is 2.23. The number of aryl methyl sites for hydroxylation is 1. The molecule has 1 aromatic heterocycles. The number of aromatic nitrogens is 1. The lowest BCUT2D eigenvalue weighted by Crippen LogP contribution is -1.88. The Morgan fingerprint density at radius 2 is 1.92 bits per heavy atom. The molecule has 0 amide bonds. The van der Waals surface area contributed by atoms with Crippen molar-refractivity contribution in [1.82, 2.24) is 4.98 Å². The second kappa shape index (κ2) is 7.35. The fourth-order valence-corrected chi connectivity index (χ4v) is 3.04. The number of aliphatic imine (C=N–C) groups is 1. The van der Waals surface area contributed by atoms with Gasteiger partial charge in [0.25, 0.3) is 0 Å². The molecule has 0 radical (unpaired) electrons. The number of ether oxygens (including phenoxy) is 1. The SMILES string of the molecule is CCCCc1ccc2[nH]c(-c3ccc(OC)cc3)c(C=NC)c2c1. The molecule has 0 atom stereocenters. The molecule has 3 nitrogen and oxygen atoms in total. The number of hydrogen-bond donors (Lipinski definition) is 1. The topological polar surface area (TPSA) is 37.4 Å². The summed E-state index contributed by atoms with van der Waals surface area (Å²) >= 11 is 0. The van der Waals surface area contributed by atoms with Gasteiger partial charge in [-0.25, -0.2) is 0 Å². The van der Waals surface area contributed by atoms with E-state index in [9.17, 15) is 0 Å². The average molecular weight is 320 g/mol. The molecule has 0 spiro atoms. The zero-order valence-electron chi connectivity index (χ0n) is 14.6. The Balaban J connectivity index is 2.10. The van der Waals surface area contributed by atoms with Crippen molar-refractivity contribution in [3.63, 3.8) is 0 Å². The first-order valence-corrected chi connectivity index (χ1v) is 8.48. The summed E-state index contributed by atoms with van der Waals surface area (Å²) in [5, 5.41) is 1.24. The van der Waals surface area contributed by atoms with E-state index in [0.29, 0.717) is 0 Å². The smallest absolute Gasteiger partial charge is 0.118 e. The van der Waals surface area contributed by atoms with E-state index in [1.165, 1.54) is 23.8 Å². The molecule has 0 aliphatic carbocycles. The Labute approximate surface area is 143 Å². The number of hydrogen-bond acceptors (Lipinski definition) is 2. The average Bonchev–Trinajstić information content (AvgIpc) is 2.98. The Bertz CT molecular complexity index is 844. The van der Waals surface area contributed by atoms with Crippen molar-refractivity contribution in [3.05, 3.63) is 53.6 Å².